The lowest BCUT2D eigenvalue weighted by Gasteiger charge is -2.17. The highest BCUT2D eigenvalue weighted by Crippen LogP contribution is 2.36. The number of nitrogens with two attached hydrogens (primary N) is 1. The van der Waals surface area contributed by atoms with Gasteiger partial charge in [0.2, 0.25) is 11.7 Å². The van der Waals surface area contributed by atoms with Crippen LogP contribution < -0.4 is 5.73 Å². The lowest BCUT2D eigenvalue weighted by Crippen LogP contribution is -2.33. The molecule has 1 fully saturated rings. The Labute approximate surface area is 110 Å². The van der Waals surface area contributed by atoms with Crippen molar-refractivity contribution in [1.29, 1.82) is 0 Å². The number of hydrogen-bond donors (Lipinski definition) is 1. The number of rotatable bonds is 2. The van der Waals surface area contributed by atoms with Gasteiger partial charge < -0.3 is 10.3 Å². The predicted molar refractivity (Wildman–Crippen MR) is 68.8 cm³/mol. The van der Waals surface area contributed by atoms with Crippen LogP contribution in [0, 0.1) is 12.7 Å². The highest BCUT2D eigenvalue weighted by Gasteiger charge is 2.37. The minimum absolute atomic E-state index is 0.268. The zero-order valence-electron chi connectivity index (χ0n) is 10.8. The summed E-state index contributed by atoms with van der Waals surface area (Å²) >= 11 is 0. The summed E-state index contributed by atoms with van der Waals surface area (Å²) in [5.41, 5.74) is 7.35. The van der Waals surface area contributed by atoms with E-state index in [1.54, 1.807) is 6.07 Å². The van der Waals surface area contributed by atoms with Crippen molar-refractivity contribution in [3.8, 4) is 11.4 Å². The molecular weight excluding hydrogens is 245 g/mol. The van der Waals surface area contributed by atoms with Gasteiger partial charge in [-0.3, -0.25) is 0 Å². The number of aromatic nitrogens is 2. The van der Waals surface area contributed by atoms with Crippen LogP contribution in [0.2, 0.25) is 0 Å². The third-order valence-electron chi connectivity index (χ3n) is 3.78. The molecule has 1 aromatic heterocycles. The minimum atomic E-state index is -0.487. The van der Waals surface area contributed by atoms with Crippen LogP contribution in [0.5, 0.6) is 0 Å². The van der Waals surface area contributed by atoms with Crippen LogP contribution in [-0.2, 0) is 5.54 Å². The molecule has 1 heterocycles. The van der Waals surface area contributed by atoms with Crippen LogP contribution in [0.4, 0.5) is 4.39 Å². The Morgan fingerprint density at radius 3 is 2.74 bits per heavy atom. The highest BCUT2D eigenvalue weighted by molar-refractivity contribution is 5.59. The molecule has 0 amide bonds. The lowest BCUT2D eigenvalue weighted by molar-refractivity contribution is 0.285. The molecule has 1 aliphatic rings. The van der Waals surface area contributed by atoms with Crippen molar-refractivity contribution in [2.24, 2.45) is 5.73 Å². The van der Waals surface area contributed by atoms with Gasteiger partial charge in [-0.2, -0.15) is 4.98 Å². The van der Waals surface area contributed by atoms with Gasteiger partial charge in [-0.15, -0.1) is 0 Å². The van der Waals surface area contributed by atoms with Crippen LogP contribution in [0.15, 0.2) is 22.7 Å². The molecule has 2 aromatic rings. The smallest absolute Gasteiger partial charge is 0.247 e. The van der Waals surface area contributed by atoms with Gasteiger partial charge in [0.25, 0.3) is 0 Å². The number of nitrogens with zero attached hydrogens (tertiary/aromatic N) is 2. The molecule has 1 saturated carbocycles. The van der Waals surface area contributed by atoms with Gasteiger partial charge in [-0.25, -0.2) is 4.39 Å². The monoisotopic (exact) mass is 261 g/mol. The zero-order chi connectivity index (χ0) is 13.5. The molecule has 0 aliphatic heterocycles. The number of halogens is 1. The van der Waals surface area contributed by atoms with E-state index in [0.29, 0.717) is 11.7 Å². The Morgan fingerprint density at radius 1 is 1.32 bits per heavy atom. The van der Waals surface area contributed by atoms with Gasteiger partial charge in [0.15, 0.2) is 0 Å². The van der Waals surface area contributed by atoms with Gasteiger partial charge in [-0.05, 0) is 43.5 Å². The molecule has 0 unspecified atom stereocenters. The van der Waals surface area contributed by atoms with Crippen molar-refractivity contribution in [3.05, 3.63) is 35.5 Å². The first-order chi connectivity index (χ1) is 9.08. The summed E-state index contributed by atoms with van der Waals surface area (Å²) in [6.07, 6.45) is 3.92. The molecule has 0 saturated heterocycles. The van der Waals surface area contributed by atoms with E-state index in [1.807, 2.05) is 6.92 Å². The number of aryl methyl sites for hydroxylation is 1. The first-order valence-electron chi connectivity index (χ1n) is 6.48. The summed E-state index contributed by atoms with van der Waals surface area (Å²) < 4.78 is 18.4. The average molecular weight is 261 g/mol. The standard InChI is InChI=1S/C14H16FN3O/c1-9-8-10(15)4-5-11(9)12-17-13(19-18-12)14(16)6-2-3-7-14/h4-5,8H,2-3,6-7,16H2,1H3. The van der Waals surface area contributed by atoms with Crippen molar-refractivity contribution >= 4 is 0 Å². The molecule has 0 bridgehead atoms. The lowest BCUT2D eigenvalue weighted by atomic mass is 9.99. The average Bonchev–Trinajstić information content (AvgIpc) is 2.99. The van der Waals surface area contributed by atoms with Gasteiger partial charge >= 0.3 is 0 Å². The molecule has 5 heteroatoms. The SMILES string of the molecule is Cc1cc(F)ccc1-c1noc(C2(N)CCCC2)n1. The van der Waals surface area contributed by atoms with Crippen molar-refractivity contribution in [1.82, 2.24) is 10.1 Å². The summed E-state index contributed by atoms with van der Waals surface area (Å²) in [6.45, 7) is 1.82. The molecule has 1 aromatic carbocycles. The summed E-state index contributed by atoms with van der Waals surface area (Å²) in [5.74, 6) is 0.698. The topological polar surface area (TPSA) is 64.9 Å². The maximum atomic E-state index is 13.1. The second-order valence-corrected chi connectivity index (χ2v) is 5.25. The van der Waals surface area contributed by atoms with Gasteiger partial charge in [0.05, 0.1) is 5.54 Å². The third-order valence-corrected chi connectivity index (χ3v) is 3.78. The van der Waals surface area contributed by atoms with E-state index < -0.39 is 5.54 Å². The Bertz CT molecular complexity index is 602. The molecule has 2 N–H and O–H groups in total. The Kier molecular flexibility index (Phi) is 2.86. The van der Waals surface area contributed by atoms with E-state index in [2.05, 4.69) is 10.1 Å². The fraction of sp³-hybridized carbons (Fsp3) is 0.429. The molecule has 100 valence electrons. The number of hydrogen-bond acceptors (Lipinski definition) is 4. The van der Waals surface area contributed by atoms with Gasteiger partial charge in [-0.1, -0.05) is 18.0 Å². The van der Waals surface area contributed by atoms with E-state index in [9.17, 15) is 4.39 Å². The fourth-order valence-corrected chi connectivity index (χ4v) is 2.63. The van der Waals surface area contributed by atoms with Gasteiger partial charge in [0, 0.05) is 5.56 Å². The fourth-order valence-electron chi connectivity index (χ4n) is 2.63. The van der Waals surface area contributed by atoms with Crippen LogP contribution >= 0.6 is 0 Å². The molecule has 0 spiro atoms. The zero-order valence-corrected chi connectivity index (χ0v) is 10.8. The molecule has 0 atom stereocenters. The Morgan fingerprint density at radius 2 is 2.05 bits per heavy atom. The summed E-state index contributed by atoms with van der Waals surface area (Å²) in [5, 5.41) is 3.98. The first-order valence-corrected chi connectivity index (χ1v) is 6.48. The quantitative estimate of drug-likeness (QED) is 0.902. The second kappa shape index (κ2) is 4.42. The van der Waals surface area contributed by atoms with Crippen molar-refractivity contribution < 1.29 is 8.91 Å². The van der Waals surface area contributed by atoms with Crippen LogP contribution in [0.1, 0.15) is 37.1 Å². The second-order valence-electron chi connectivity index (χ2n) is 5.25. The highest BCUT2D eigenvalue weighted by atomic mass is 19.1. The van der Waals surface area contributed by atoms with E-state index >= 15 is 0 Å². The van der Waals surface area contributed by atoms with E-state index in [4.69, 9.17) is 10.3 Å². The van der Waals surface area contributed by atoms with Crippen molar-refractivity contribution in [3.63, 3.8) is 0 Å². The summed E-state index contributed by atoms with van der Waals surface area (Å²) in [4.78, 5) is 4.40. The maximum Gasteiger partial charge on any atom is 0.247 e. The molecule has 4 nitrogen and oxygen atoms in total. The molecule has 3 rings (SSSR count). The van der Waals surface area contributed by atoms with Crippen LogP contribution in [-0.4, -0.2) is 10.1 Å². The van der Waals surface area contributed by atoms with Crippen molar-refractivity contribution in [2.45, 2.75) is 38.1 Å². The predicted octanol–water partition coefficient (Wildman–Crippen LogP) is 2.91. The Hall–Kier alpha value is -1.75. The normalized spacial score (nSPS) is 17.8. The van der Waals surface area contributed by atoms with E-state index in [0.717, 1.165) is 36.8 Å². The van der Waals surface area contributed by atoms with Gasteiger partial charge in [0.1, 0.15) is 5.82 Å². The van der Waals surface area contributed by atoms with Crippen molar-refractivity contribution in [2.75, 3.05) is 0 Å². The van der Waals surface area contributed by atoms with Crippen LogP contribution in [0.25, 0.3) is 11.4 Å². The molecule has 1 aliphatic carbocycles. The summed E-state index contributed by atoms with van der Waals surface area (Å²) in [7, 11) is 0. The third kappa shape index (κ3) is 2.14. The Balaban J connectivity index is 1.97. The molecular formula is C14H16FN3O. The molecule has 0 radical (unpaired) electrons. The van der Waals surface area contributed by atoms with E-state index in [1.165, 1.54) is 12.1 Å². The largest absolute Gasteiger partial charge is 0.337 e. The minimum Gasteiger partial charge on any atom is -0.337 e. The van der Waals surface area contributed by atoms with Crippen LogP contribution in [0.3, 0.4) is 0 Å². The molecule has 19 heavy (non-hydrogen) atoms. The first kappa shape index (κ1) is 12.3. The number of benzene rings is 1. The maximum absolute atomic E-state index is 13.1. The van der Waals surface area contributed by atoms with E-state index in [-0.39, 0.29) is 5.82 Å². The summed E-state index contributed by atoms with van der Waals surface area (Å²) in [6, 6.07) is 4.52.